The number of anilines is 2. The molecule has 2 aromatic carbocycles. The van der Waals surface area contributed by atoms with Gasteiger partial charge in [-0.2, -0.15) is 10.4 Å². The van der Waals surface area contributed by atoms with Crippen LogP contribution in [0.4, 0.5) is 11.4 Å². The highest BCUT2D eigenvalue weighted by Crippen LogP contribution is 2.28. The summed E-state index contributed by atoms with van der Waals surface area (Å²) in [6.07, 6.45) is 6.34. The quantitative estimate of drug-likeness (QED) is 0.486. The number of rotatable bonds is 9. The number of amides is 2. The fourth-order valence-electron chi connectivity index (χ4n) is 2.92. The summed E-state index contributed by atoms with van der Waals surface area (Å²) in [5.41, 5.74) is 1.81. The number of nitriles is 1. The van der Waals surface area contributed by atoms with Gasteiger partial charge in [-0.05, 0) is 55.0 Å². The first-order valence-electron chi connectivity index (χ1n) is 10.1. The van der Waals surface area contributed by atoms with E-state index in [1.54, 1.807) is 78.6 Å². The number of aromatic nitrogens is 2. The van der Waals surface area contributed by atoms with Crippen molar-refractivity contribution in [1.29, 1.82) is 5.26 Å². The molecule has 0 bridgehead atoms. The Labute approximate surface area is 191 Å². The summed E-state index contributed by atoms with van der Waals surface area (Å²) < 4.78 is 12.1. The van der Waals surface area contributed by atoms with Crippen LogP contribution in [0.25, 0.3) is 6.08 Å². The highest BCUT2D eigenvalue weighted by molar-refractivity contribution is 6.02. The molecular formula is C24H23N5O4. The maximum Gasteiger partial charge on any atom is 0.248 e. The Balaban J connectivity index is 1.61. The van der Waals surface area contributed by atoms with Crippen LogP contribution in [0.15, 0.2) is 67.0 Å². The minimum Gasteiger partial charge on any atom is -0.493 e. The van der Waals surface area contributed by atoms with Crippen LogP contribution in [0.5, 0.6) is 11.5 Å². The molecule has 0 aliphatic heterocycles. The van der Waals surface area contributed by atoms with Gasteiger partial charge >= 0.3 is 0 Å². The summed E-state index contributed by atoms with van der Waals surface area (Å²) in [7, 11) is 1.50. The second-order valence-electron chi connectivity index (χ2n) is 6.91. The summed E-state index contributed by atoms with van der Waals surface area (Å²) in [6.45, 7) is 1.66. The first-order valence-corrected chi connectivity index (χ1v) is 10.1. The molecule has 1 unspecified atom stereocenters. The van der Waals surface area contributed by atoms with Crippen molar-refractivity contribution in [2.24, 2.45) is 0 Å². The standard InChI is InChI=1S/C24H23N5O4/c1-17(29-13-4-12-26-29)24(31)28-20-6-3-5-19(16-20)27-23(30)10-8-18-7-9-21(33-14-11-25)22(15-18)32-2/h3-10,12-13,15-17H,14H2,1-2H3,(H,27,30)(H,28,31)/b10-8+. The van der Waals surface area contributed by atoms with Crippen molar-refractivity contribution in [3.8, 4) is 17.6 Å². The van der Waals surface area contributed by atoms with Gasteiger partial charge in [-0.3, -0.25) is 14.3 Å². The van der Waals surface area contributed by atoms with E-state index in [0.29, 0.717) is 22.9 Å². The molecule has 3 aromatic rings. The van der Waals surface area contributed by atoms with Gasteiger partial charge in [0.2, 0.25) is 11.8 Å². The smallest absolute Gasteiger partial charge is 0.248 e. The van der Waals surface area contributed by atoms with Crippen LogP contribution in [-0.4, -0.2) is 35.3 Å². The van der Waals surface area contributed by atoms with Crippen molar-refractivity contribution in [2.75, 3.05) is 24.4 Å². The largest absolute Gasteiger partial charge is 0.493 e. The zero-order valence-electron chi connectivity index (χ0n) is 18.2. The number of nitrogens with one attached hydrogen (secondary N) is 2. The molecule has 2 N–H and O–H groups in total. The lowest BCUT2D eigenvalue weighted by molar-refractivity contribution is -0.119. The predicted molar refractivity (Wildman–Crippen MR) is 124 cm³/mol. The lowest BCUT2D eigenvalue weighted by atomic mass is 10.2. The van der Waals surface area contributed by atoms with E-state index >= 15 is 0 Å². The van der Waals surface area contributed by atoms with Gasteiger partial charge in [0.05, 0.1) is 7.11 Å². The maximum absolute atomic E-state index is 12.4. The normalized spacial score (nSPS) is 11.4. The molecule has 0 saturated heterocycles. The molecule has 3 rings (SSSR count). The van der Waals surface area contributed by atoms with Crippen molar-refractivity contribution in [3.05, 3.63) is 72.6 Å². The van der Waals surface area contributed by atoms with Gasteiger partial charge < -0.3 is 20.1 Å². The van der Waals surface area contributed by atoms with Crippen molar-refractivity contribution in [3.63, 3.8) is 0 Å². The van der Waals surface area contributed by atoms with Crippen molar-refractivity contribution < 1.29 is 19.1 Å². The molecule has 2 amide bonds. The van der Waals surface area contributed by atoms with Crippen LogP contribution in [0.3, 0.4) is 0 Å². The number of benzene rings is 2. The van der Waals surface area contributed by atoms with Gasteiger partial charge in [-0.25, -0.2) is 0 Å². The Morgan fingerprint density at radius 1 is 1.15 bits per heavy atom. The van der Waals surface area contributed by atoms with Gasteiger partial charge in [0.25, 0.3) is 0 Å². The SMILES string of the molecule is COc1cc(/C=C/C(=O)Nc2cccc(NC(=O)C(C)n3cccn3)c2)ccc1OCC#N. The highest BCUT2D eigenvalue weighted by Gasteiger charge is 2.15. The van der Waals surface area contributed by atoms with E-state index in [-0.39, 0.29) is 18.4 Å². The van der Waals surface area contributed by atoms with E-state index in [4.69, 9.17) is 14.7 Å². The number of carbonyl (C=O) groups excluding carboxylic acids is 2. The first-order chi connectivity index (χ1) is 16.0. The van der Waals surface area contributed by atoms with Crippen LogP contribution in [0, 0.1) is 11.3 Å². The first kappa shape index (κ1) is 23.1. The number of methoxy groups -OCH3 is 1. The van der Waals surface area contributed by atoms with E-state index < -0.39 is 6.04 Å². The van der Waals surface area contributed by atoms with E-state index in [9.17, 15) is 9.59 Å². The minimum atomic E-state index is -0.477. The second-order valence-corrected chi connectivity index (χ2v) is 6.91. The summed E-state index contributed by atoms with van der Waals surface area (Å²) in [5.74, 6) is 0.340. The van der Waals surface area contributed by atoms with Crippen LogP contribution >= 0.6 is 0 Å². The zero-order valence-corrected chi connectivity index (χ0v) is 18.2. The number of carbonyl (C=O) groups is 2. The molecule has 9 nitrogen and oxygen atoms in total. The predicted octanol–water partition coefficient (Wildman–Crippen LogP) is 3.65. The van der Waals surface area contributed by atoms with Crippen molar-refractivity contribution in [1.82, 2.24) is 9.78 Å². The Morgan fingerprint density at radius 2 is 1.94 bits per heavy atom. The summed E-state index contributed by atoms with van der Waals surface area (Å²) in [5, 5.41) is 18.3. The summed E-state index contributed by atoms with van der Waals surface area (Å²) >= 11 is 0. The van der Waals surface area contributed by atoms with Crippen LogP contribution in [0.1, 0.15) is 18.5 Å². The lowest BCUT2D eigenvalue weighted by Crippen LogP contribution is -2.24. The summed E-state index contributed by atoms with van der Waals surface area (Å²) in [6, 6.07) is 15.2. The topological polar surface area (TPSA) is 118 Å². The Morgan fingerprint density at radius 3 is 2.64 bits per heavy atom. The molecule has 0 saturated carbocycles. The second kappa shape index (κ2) is 11.2. The molecule has 0 radical (unpaired) electrons. The Bertz CT molecular complexity index is 1180. The minimum absolute atomic E-state index is 0.0877. The van der Waals surface area contributed by atoms with Gasteiger partial charge in [0.15, 0.2) is 18.1 Å². The molecule has 0 aliphatic carbocycles. The Kier molecular flexibility index (Phi) is 7.81. The molecule has 33 heavy (non-hydrogen) atoms. The van der Waals surface area contributed by atoms with E-state index in [1.165, 1.54) is 13.2 Å². The number of ether oxygens (including phenoxy) is 2. The van der Waals surface area contributed by atoms with Gasteiger partial charge in [-0.15, -0.1) is 0 Å². The number of hydrogen-bond donors (Lipinski definition) is 2. The number of hydrogen-bond acceptors (Lipinski definition) is 6. The molecule has 168 valence electrons. The maximum atomic E-state index is 12.4. The average molecular weight is 445 g/mol. The molecular weight excluding hydrogens is 422 g/mol. The third kappa shape index (κ3) is 6.45. The fourth-order valence-corrected chi connectivity index (χ4v) is 2.92. The van der Waals surface area contributed by atoms with Crippen LogP contribution in [-0.2, 0) is 9.59 Å². The van der Waals surface area contributed by atoms with Crippen molar-refractivity contribution in [2.45, 2.75) is 13.0 Å². The molecule has 1 heterocycles. The fraction of sp³-hybridized carbons (Fsp3) is 0.167. The zero-order chi connectivity index (χ0) is 23.6. The molecule has 0 fully saturated rings. The molecule has 1 aromatic heterocycles. The lowest BCUT2D eigenvalue weighted by Gasteiger charge is -2.13. The molecule has 9 heteroatoms. The third-order valence-electron chi connectivity index (χ3n) is 4.61. The van der Waals surface area contributed by atoms with Gasteiger partial charge in [0, 0.05) is 29.8 Å². The molecule has 0 aliphatic rings. The van der Waals surface area contributed by atoms with E-state index in [2.05, 4.69) is 15.7 Å². The van der Waals surface area contributed by atoms with Crippen molar-refractivity contribution >= 4 is 29.3 Å². The highest BCUT2D eigenvalue weighted by atomic mass is 16.5. The Hall–Kier alpha value is -4.58. The van der Waals surface area contributed by atoms with Gasteiger partial charge in [0.1, 0.15) is 12.1 Å². The van der Waals surface area contributed by atoms with E-state index in [0.717, 1.165) is 5.56 Å². The molecule has 1 atom stereocenters. The van der Waals surface area contributed by atoms with Gasteiger partial charge in [-0.1, -0.05) is 12.1 Å². The average Bonchev–Trinajstić information content (AvgIpc) is 3.36. The monoisotopic (exact) mass is 445 g/mol. The number of nitrogens with zero attached hydrogens (tertiary/aromatic N) is 3. The third-order valence-corrected chi connectivity index (χ3v) is 4.61. The summed E-state index contributed by atoms with van der Waals surface area (Å²) in [4.78, 5) is 24.8. The van der Waals surface area contributed by atoms with E-state index in [1.807, 2.05) is 6.07 Å². The van der Waals surface area contributed by atoms with Crippen LogP contribution in [0.2, 0.25) is 0 Å². The molecule has 0 spiro atoms. The van der Waals surface area contributed by atoms with Crippen LogP contribution < -0.4 is 20.1 Å².